The van der Waals surface area contributed by atoms with E-state index in [0.717, 1.165) is 23.8 Å². The molecule has 0 aliphatic rings. The summed E-state index contributed by atoms with van der Waals surface area (Å²) < 4.78 is 44.7. The Kier molecular flexibility index (Phi) is 8.51. The van der Waals surface area contributed by atoms with E-state index in [1.165, 1.54) is 12.1 Å². The van der Waals surface area contributed by atoms with Crippen LogP contribution in [0.2, 0.25) is 0 Å². The minimum atomic E-state index is -4.56. The first-order chi connectivity index (χ1) is 17.0. The SMILES string of the molecule is Cc1ccc(NC(=O)COc2ccc(/C=C(\C#N)C(=O)Nc3cccc(C(F)(F)F)c3)cc2Br)cc1. The van der Waals surface area contributed by atoms with E-state index in [1.807, 2.05) is 19.1 Å². The average molecular weight is 558 g/mol. The van der Waals surface area contributed by atoms with Crippen LogP contribution < -0.4 is 15.4 Å². The predicted molar refractivity (Wildman–Crippen MR) is 133 cm³/mol. The number of nitrogens with zero attached hydrogens (tertiary/aromatic N) is 1. The van der Waals surface area contributed by atoms with Gasteiger partial charge in [0.15, 0.2) is 6.61 Å². The van der Waals surface area contributed by atoms with E-state index in [2.05, 4.69) is 26.6 Å². The second-order valence-corrected chi connectivity index (χ2v) is 8.45. The highest BCUT2D eigenvalue weighted by atomic mass is 79.9. The zero-order valence-corrected chi connectivity index (χ0v) is 20.4. The highest BCUT2D eigenvalue weighted by Gasteiger charge is 2.30. The molecule has 3 aromatic rings. The number of benzene rings is 3. The largest absolute Gasteiger partial charge is 0.483 e. The Morgan fingerprint density at radius 2 is 1.75 bits per heavy atom. The Labute approximate surface area is 213 Å². The van der Waals surface area contributed by atoms with Crippen LogP contribution in [0.3, 0.4) is 0 Å². The molecule has 10 heteroatoms. The zero-order chi connectivity index (χ0) is 26.3. The Hall–Kier alpha value is -4.10. The molecule has 0 unspecified atom stereocenters. The lowest BCUT2D eigenvalue weighted by molar-refractivity contribution is -0.137. The number of hydrogen-bond acceptors (Lipinski definition) is 4. The molecule has 3 rings (SSSR count). The van der Waals surface area contributed by atoms with Gasteiger partial charge in [-0.25, -0.2) is 0 Å². The summed E-state index contributed by atoms with van der Waals surface area (Å²) in [6.45, 7) is 1.69. The van der Waals surface area contributed by atoms with E-state index in [0.29, 0.717) is 21.5 Å². The van der Waals surface area contributed by atoms with E-state index in [1.54, 1.807) is 36.4 Å². The van der Waals surface area contributed by atoms with E-state index in [9.17, 15) is 28.0 Å². The van der Waals surface area contributed by atoms with Crippen LogP contribution in [-0.2, 0) is 15.8 Å². The second-order valence-electron chi connectivity index (χ2n) is 7.60. The molecule has 36 heavy (non-hydrogen) atoms. The lowest BCUT2D eigenvalue weighted by Crippen LogP contribution is -2.20. The Morgan fingerprint density at radius 3 is 2.39 bits per heavy atom. The second kappa shape index (κ2) is 11.6. The van der Waals surface area contributed by atoms with Gasteiger partial charge in [0.2, 0.25) is 0 Å². The van der Waals surface area contributed by atoms with Crippen LogP contribution in [0.1, 0.15) is 16.7 Å². The first kappa shape index (κ1) is 26.5. The third kappa shape index (κ3) is 7.45. The molecule has 0 atom stereocenters. The molecule has 184 valence electrons. The van der Waals surface area contributed by atoms with E-state index in [-0.39, 0.29) is 23.8 Å². The highest BCUT2D eigenvalue weighted by Crippen LogP contribution is 2.31. The van der Waals surface area contributed by atoms with Gasteiger partial charge in [-0.2, -0.15) is 18.4 Å². The summed E-state index contributed by atoms with van der Waals surface area (Å²) in [5, 5.41) is 14.4. The number of aryl methyl sites for hydroxylation is 1. The summed E-state index contributed by atoms with van der Waals surface area (Å²) in [6, 6.07) is 17.8. The monoisotopic (exact) mass is 557 g/mol. The number of rotatable bonds is 7. The minimum Gasteiger partial charge on any atom is -0.483 e. The molecule has 0 fully saturated rings. The minimum absolute atomic E-state index is 0.0928. The molecule has 0 radical (unpaired) electrons. The van der Waals surface area contributed by atoms with Gasteiger partial charge in [0.25, 0.3) is 11.8 Å². The first-order valence-corrected chi connectivity index (χ1v) is 11.2. The summed E-state index contributed by atoms with van der Waals surface area (Å²) in [5.74, 6) is -0.855. The molecule has 0 saturated carbocycles. The normalized spacial score (nSPS) is 11.4. The summed E-state index contributed by atoms with van der Waals surface area (Å²) >= 11 is 3.33. The maximum Gasteiger partial charge on any atom is 0.416 e. The standard InChI is InChI=1S/C26H19BrF3N3O3/c1-16-5-8-20(9-6-16)32-24(34)15-36-23-10-7-17(12-22(23)27)11-18(14-31)25(35)33-21-4-2-3-19(13-21)26(28,29)30/h2-13H,15H2,1H3,(H,32,34)(H,33,35)/b18-11+. The van der Waals surface area contributed by atoms with Crippen LogP contribution in [0.4, 0.5) is 24.5 Å². The fraction of sp³-hybridized carbons (Fsp3) is 0.115. The molecule has 0 saturated heterocycles. The van der Waals surface area contributed by atoms with E-state index < -0.39 is 17.6 Å². The number of nitrogens with one attached hydrogen (secondary N) is 2. The number of amides is 2. The van der Waals surface area contributed by atoms with Crippen LogP contribution >= 0.6 is 15.9 Å². The van der Waals surface area contributed by atoms with Crippen LogP contribution in [0.25, 0.3) is 6.08 Å². The van der Waals surface area contributed by atoms with Crippen LogP contribution in [0.15, 0.2) is 76.8 Å². The zero-order valence-electron chi connectivity index (χ0n) is 18.8. The molecular formula is C26H19BrF3N3O3. The first-order valence-electron chi connectivity index (χ1n) is 10.4. The summed E-state index contributed by atoms with van der Waals surface area (Å²) in [6.07, 6.45) is -3.28. The van der Waals surface area contributed by atoms with Crippen molar-refractivity contribution in [1.29, 1.82) is 5.26 Å². The number of nitriles is 1. The van der Waals surface area contributed by atoms with E-state index >= 15 is 0 Å². The Balaban J connectivity index is 1.64. The number of hydrogen-bond donors (Lipinski definition) is 2. The topological polar surface area (TPSA) is 91.2 Å². The molecule has 2 N–H and O–H groups in total. The summed E-state index contributed by atoms with van der Waals surface area (Å²) in [5.41, 5.74) is 0.829. The number of halogens is 4. The van der Waals surface area contributed by atoms with Crippen molar-refractivity contribution >= 4 is 45.2 Å². The lowest BCUT2D eigenvalue weighted by atomic mass is 10.1. The molecule has 3 aromatic carbocycles. The van der Waals surface area contributed by atoms with Gasteiger partial charge in [0.05, 0.1) is 10.0 Å². The number of ether oxygens (including phenoxy) is 1. The fourth-order valence-electron chi connectivity index (χ4n) is 2.99. The van der Waals surface area contributed by atoms with Crippen molar-refractivity contribution in [2.75, 3.05) is 17.2 Å². The molecule has 0 heterocycles. The maximum atomic E-state index is 12.9. The van der Waals surface area contributed by atoms with Crippen molar-refractivity contribution in [3.63, 3.8) is 0 Å². The van der Waals surface area contributed by atoms with Gasteiger partial charge in [0.1, 0.15) is 17.4 Å². The van der Waals surface area contributed by atoms with Crippen molar-refractivity contribution in [3.05, 3.63) is 93.5 Å². The quantitative estimate of drug-likeness (QED) is 0.262. The smallest absolute Gasteiger partial charge is 0.416 e. The molecule has 6 nitrogen and oxygen atoms in total. The van der Waals surface area contributed by atoms with Gasteiger partial charge >= 0.3 is 6.18 Å². The van der Waals surface area contributed by atoms with Crippen molar-refractivity contribution in [3.8, 4) is 11.8 Å². The van der Waals surface area contributed by atoms with Gasteiger partial charge in [0, 0.05) is 11.4 Å². The Bertz CT molecular complexity index is 1350. The third-order valence-corrected chi connectivity index (χ3v) is 5.39. The van der Waals surface area contributed by atoms with Crippen molar-refractivity contribution in [2.24, 2.45) is 0 Å². The number of anilines is 2. The number of carbonyl (C=O) groups excluding carboxylic acids is 2. The Morgan fingerprint density at radius 1 is 1.03 bits per heavy atom. The third-order valence-electron chi connectivity index (χ3n) is 4.77. The van der Waals surface area contributed by atoms with Gasteiger partial charge in [-0.3, -0.25) is 9.59 Å². The van der Waals surface area contributed by atoms with Gasteiger partial charge < -0.3 is 15.4 Å². The summed E-state index contributed by atoms with van der Waals surface area (Å²) in [7, 11) is 0. The highest BCUT2D eigenvalue weighted by molar-refractivity contribution is 9.10. The molecule has 0 aliphatic carbocycles. The fourth-order valence-corrected chi connectivity index (χ4v) is 3.50. The van der Waals surface area contributed by atoms with Crippen LogP contribution in [-0.4, -0.2) is 18.4 Å². The molecule has 0 aliphatic heterocycles. The average Bonchev–Trinajstić information content (AvgIpc) is 2.83. The summed E-state index contributed by atoms with van der Waals surface area (Å²) in [4.78, 5) is 24.6. The molecule has 0 aromatic heterocycles. The van der Waals surface area contributed by atoms with Gasteiger partial charge in [-0.15, -0.1) is 0 Å². The van der Waals surface area contributed by atoms with Crippen molar-refractivity contribution < 1.29 is 27.5 Å². The number of alkyl halides is 3. The van der Waals surface area contributed by atoms with Gasteiger partial charge in [-0.1, -0.05) is 29.8 Å². The van der Waals surface area contributed by atoms with Crippen LogP contribution in [0, 0.1) is 18.3 Å². The number of carbonyl (C=O) groups is 2. The molecular weight excluding hydrogens is 539 g/mol. The molecule has 0 bridgehead atoms. The predicted octanol–water partition coefficient (Wildman–Crippen LogP) is 6.34. The molecule has 2 amide bonds. The van der Waals surface area contributed by atoms with Gasteiger partial charge in [-0.05, 0) is 77.0 Å². The maximum absolute atomic E-state index is 12.9. The lowest BCUT2D eigenvalue weighted by Gasteiger charge is -2.10. The molecule has 0 spiro atoms. The van der Waals surface area contributed by atoms with Crippen molar-refractivity contribution in [2.45, 2.75) is 13.1 Å². The van der Waals surface area contributed by atoms with E-state index in [4.69, 9.17) is 4.74 Å². The van der Waals surface area contributed by atoms with Crippen LogP contribution in [0.5, 0.6) is 5.75 Å². The van der Waals surface area contributed by atoms with Crippen molar-refractivity contribution in [1.82, 2.24) is 0 Å².